The zero-order chi connectivity index (χ0) is 20.1. The number of aromatic nitrogens is 1. The molecule has 0 radical (unpaired) electrons. The lowest BCUT2D eigenvalue weighted by Gasteiger charge is -2.31. The van der Waals surface area contributed by atoms with E-state index >= 15 is 0 Å². The van der Waals surface area contributed by atoms with Crippen LogP contribution in [0.1, 0.15) is 36.0 Å². The molecular weight excluding hydrogens is 388 g/mol. The highest BCUT2D eigenvalue weighted by Crippen LogP contribution is 2.28. The number of hydrogen-bond donors (Lipinski definition) is 0. The highest BCUT2D eigenvalue weighted by atomic mass is 35.5. The van der Waals surface area contributed by atoms with Crippen molar-refractivity contribution in [2.24, 2.45) is 0 Å². The number of hydrogen-bond acceptors (Lipinski definition) is 4. The molecular formula is C23H23ClN2O3. The van der Waals surface area contributed by atoms with Gasteiger partial charge in [-0.05, 0) is 36.6 Å². The highest BCUT2D eigenvalue weighted by Gasteiger charge is 2.28. The molecule has 1 saturated heterocycles. The fraction of sp³-hybridized carbons (Fsp3) is 0.304. The van der Waals surface area contributed by atoms with E-state index in [0.29, 0.717) is 24.6 Å². The third kappa shape index (κ3) is 4.98. The Kier molecular flexibility index (Phi) is 6.15. The maximum absolute atomic E-state index is 12.6. The van der Waals surface area contributed by atoms with Crippen LogP contribution in [0.4, 0.5) is 0 Å². The number of likely N-dealkylation sites (tertiary alicyclic amines) is 1. The van der Waals surface area contributed by atoms with E-state index in [1.807, 2.05) is 59.5 Å². The van der Waals surface area contributed by atoms with Crippen LogP contribution in [0.3, 0.4) is 0 Å². The molecule has 3 aromatic rings. The second-order valence-electron chi connectivity index (χ2n) is 7.21. The van der Waals surface area contributed by atoms with Gasteiger partial charge in [0.15, 0.2) is 12.5 Å². The lowest BCUT2D eigenvalue weighted by Crippen LogP contribution is -2.41. The zero-order valence-electron chi connectivity index (χ0n) is 16.1. The normalized spacial score (nSPS) is 16.6. The van der Waals surface area contributed by atoms with Crippen LogP contribution in [-0.4, -0.2) is 35.5 Å². The molecule has 1 aliphatic heterocycles. The van der Waals surface area contributed by atoms with Gasteiger partial charge in [0, 0.05) is 24.5 Å². The summed E-state index contributed by atoms with van der Waals surface area (Å²) in [7, 11) is 0. The third-order valence-corrected chi connectivity index (χ3v) is 5.49. The Bertz CT molecular complexity index is 958. The van der Waals surface area contributed by atoms with Crippen molar-refractivity contribution >= 4 is 17.5 Å². The molecule has 6 heteroatoms. The fourth-order valence-corrected chi connectivity index (χ4v) is 3.78. The van der Waals surface area contributed by atoms with E-state index in [0.717, 1.165) is 35.7 Å². The van der Waals surface area contributed by atoms with Crippen LogP contribution >= 0.6 is 11.6 Å². The Morgan fingerprint density at radius 1 is 1.17 bits per heavy atom. The quantitative estimate of drug-likeness (QED) is 0.590. The molecule has 5 nitrogen and oxygen atoms in total. The van der Waals surface area contributed by atoms with Gasteiger partial charge in [0.1, 0.15) is 11.5 Å². The summed E-state index contributed by atoms with van der Waals surface area (Å²) in [5, 5.41) is 0.721. The van der Waals surface area contributed by atoms with E-state index in [9.17, 15) is 4.79 Å². The van der Waals surface area contributed by atoms with Crippen molar-refractivity contribution in [1.82, 2.24) is 9.88 Å². The van der Waals surface area contributed by atoms with Crippen LogP contribution in [0.2, 0.25) is 5.02 Å². The summed E-state index contributed by atoms with van der Waals surface area (Å²) in [6, 6.07) is 17.1. The summed E-state index contributed by atoms with van der Waals surface area (Å²) in [5.41, 5.74) is 1.01. The lowest BCUT2D eigenvalue weighted by molar-refractivity contribution is -0.134. The summed E-state index contributed by atoms with van der Waals surface area (Å²) in [5.74, 6) is 2.26. The number of ether oxygens (including phenoxy) is 1. The SMILES string of the molecule is O=C(COc1ccccc1)N1CCC[C@@H](c2ncc(Cc3ccccc3Cl)o2)C1. The molecule has 1 fully saturated rings. The Hall–Kier alpha value is -2.79. The molecule has 150 valence electrons. The third-order valence-electron chi connectivity index (χ3n) is 5.12. The monoisotopic (exact) mass is 410 g/mol. The number of halogens is 1. The van der Waals surface area contributed by atoms with Gasteiger partial charge in [-0.15, -0.1) is 0 Å². The predicted molar refractivity (Wildman–Crippen MR) is 111 cm³/mol. The van der Waals surface area contributed by atoms with E-state index < -0.39 is 0 Å². The zero-order valence-corrected chi connectivity index (χ0v) is 16.8. The molecule has 1 aliphatic rings. The largest absolute Gasteiger partial charge is 0.484 e. The van der Waals surface area contributed by atoms with Gasteiger partial charge in [-0.3, -0.25) is 4.79 Å². The maximum atomic E-state index is 12.6. The second kappa shape index (κ2) is 9.14. The van der Waals surface area contributed by atoms with Crippen LogP contribution in [0.15, 0.2) is 65.2 Å². The number of para-hydroxylation sites is 1. The van der Waals surface area contributed by atoms with Gasteiger partial charge >= 0.3 is 0 Å². The average molecular weight is 411 g/mol. The minimum absolute atomic E-state index is 0.0126. The van der Waals surface area contributed by atoms with Crippen LogP contribution in [0, 0.1) is 0 Å². The molecule has 29 heavy (non-hydrogen) atoms. The van der Waals surface area contributed by atoms with Gasteiger partial charge in [0.2, 0.25) is 0 Å². The molecule has 2 aromatic carbocycles. The Morgan fingerprint density at radius 3 is 2.79 bits per heavy atom. The molecule has 0 unspecified atom stereocenters. The van der Waals surface area contributed by atoms with Crippen molar-refractivity contribution in [1.29, 1.82) is 0 Å². The molecule has 0 aliphatic carbocycles. The average Bonchev–Trinajstić information content (AvgIpc) is 3.23. The predicted octanol–water partition coefficient (Wildman–Crippen LogP) is 4.70. The van der Waals surface area contributed by atoms with Crippen molar-refractivity contribution in [2.75, 3.05) is 19.7 Å². The standard InChI is InChI=1S/C23H23ClN2O3/c24-21-11-5-4-7-17(21)13-20-14-25-23(29-20)18-8-6-12-26(15-18)22(27)16-28-19-9-2-1-3-10-19/h1-5,7,9-11,14,18H,6,8,12-13,15-16H2/t18-/m1/s1. The van der Waals surface area contributed by atoms with Crippen molar-refractivity contribution in [2.45, 2.75) is 25.2 Å². The van der Waals surface area contributed by atoms with Gasteiger partial charge in [-0.2, -0.15) is 0 Å². The molecule has 0 saturated carbocycles. The molecule has 0 N–H and O–H groups in total. The number of rotatable bonds is 6. The van der Waals surface area contributed by atoms with Crippen molar-refractivity contribution in [3.63, 3.8) is 0 Å². The van der Waals surface area contributed by atoms with Crippen molar-refractivity contribution in [3.8, 4) is 5.75 Å². The first-order chi connectivity index (χ1) is 14.2. The molecule has 4 rings (SSSR count). The first-order valence-corrected chi connectivity index (χ1v) is 10.2. The lowest BCUT2D eigenvalue weighted by atomic mass is 9.98. The first-order valence-electron chi connectivity index (χ1n) is 9.82. The number of piperidine rings is 1. The molecule has 1 atom stereocenters. The van der Waals surface area contributed by atoms with E-state index in [2.05, 4.69) is 4.98 Å². The number of oxazole rings is 1. The molecule has 2 heterocycles. The maximum Gasteiger partial charge on any atom is 0.260 e. The van der Waals surface area contributed by atoms with Crippen LogP contribution < -0.4 is 4.74 Å². The smallest absolute Gasteiger partial charge is 0.260 e. The summed E-state index contributed by atoms with van der Waals surface area (Å²) in [6.07, 6.45) is 4.24. The first kappa shape index (κ1) is 19.5. The summed E-state index contributed by atoms with van der Waals surface area (Å²) < 4.78 is 11.6. The number of nitrogens with zero attached hydrogens (tertiary/aromatic N) is 2. The van der Waals surface area contributed by atoms with Gasteiger partial charge in [0.25, 0.3) is 5.91 Å². The summed E-state index contributed by atoms with van der Waals surface area (Å²) in [4.78, 5) is 18.9. The van der Waals surface area contributed by atoms with Gasteiger partial charge < -0.3 is 14.1 Å². The van der Waals surface area contributed by atoms with E-state index in [-0.39, 0.29) is 18.4 Å². The Labute approximate surface area is 175 Å². The molecule has 0 spiro atoms. The van der Waals surface area contributed by atoms with E-state index in [1.165, 1.54) is 0 Å². The van der Waals surface area contributed by atoms with Gasteiger partial charge in [-0.25, -0.2) is 4.98 Å². The van der Waals surface area contributed by atoms with E-state index in [1.54, 1.807) is 6.20 Å². The van der Waals surface area contributed by atoms with Crippen molar-refractivity contribution in [3.05, 3.63) is 83.0 Å². The topological polar surface area (TPSA) is 55.6 Å². The Morgan fingerprint density at radius 2 is 1.97 bits per heavy atom. The van der Waals surface area contributed by atoms with Gasteiger partial charge in [0.05, 0.1) is 12.1 Å². The molecule has 0 bridgehead atoms. The van der Waals surface area contributed by atoms with Crippen LogP contribution in [0.25, 0.3) is 0 Å². The van der Waals surface area contributed by atoms with Crippen molar-refractivity contribution < 1.29 is 13.9 Å². The van der Waals surface area contributed by atoms with Gasteiger partial charge in [-0.1, -0.05) is 48.0 Å². The summed E-state index contributed by atoms with van der Waals surface area (Å²) in [6.45, 7) is 1.38. The van der Waals surface area contributed by atoms with Crippen LogP contribution in [0.5, 0.6) is 5.75 Å². The minimum atomic E-state index is -0.0126. The Balaban J connectivity index is 1.35. The van der Waals surface area contributed by atoms with Crippen LogP contribution in [-0.2, 0) is 11.2 Å². The number of amides is 1. The fourth-order valence-electron chi connectivity index (χ4n) is 3.58. The summed E-state index contributed by atoms with van der Waals surface area (Å²) >= 11 is 6.24. The number of carbonyl (C=O) groups excluding carboxylic acids is 1. The number of carbonyl (C=O) groups is 1. The van der Waals surface area contributed by atoms with E-state index in [4.69, 9.17) is 20.8 Å². The number of benzene rings is 2. The second-order valence-corrected chi connectivity index (χ2v) is 7.62. The molecule has 1 amide bonds. The highest BCUT2D eigenvalue weighted by molar-refractivity contribution is 6.31. The minimum Gasteiger partial charge on any atom is -0.484 e. The molecule has 1 aromatic heterocycles.